The summed E-state index contributed by atoms with van der Waals surface area (Å²) >= 11 is 6.06. The quantitative estimate of drug-likeness (QED) is 0.397. The predicted octanol–water partition coefficient (Wildman–Crippen LogP) is 5.19. The summed E-state index contributed by atoms with van der Waals surface area (Å²) in [6, 6.07) is 8.02. The predicted molar refractivity (Wildman–Crippen MR) is 108 cm³/mol. The van der Waals surface area contributed by atoms with Crippen LogP contribution in [0.5, 0.6) is 0 Å². The van der Waals surface area contributed by atoms with E-state index >= 15 is 0 Å². The topological polar surface area (TPSA) is 70.2 Å². The molecule has 0 bridgehead atoms. The Balaban J connectivity index is 1.73. The van der Waals surface area contributed by atoms with Crippen LogP contribution in [0.3, 0.4) is 0 Å². The summed E-state index contributed by atoms with van der Waals surface area (Å²) in [4.78, 5) is 12.8. The fourth-order valence-electron chi connectivity index (χ4n) is 4.45. The standard InChI is InChI=1S/C21H16ClN5/c22-18-8-5-13-14(9-23-21(13)26-18)20-12-4-2-1-3-11(12)19-15-10-24-27-16(15)6-7-17(19)25-20/h5-10H,1-4H2,(H,23,26)(H,24,27). The molecule has 0 atom stereocenters. The van der Waals surface area contributed by atoms with Crippen molar-refractivity contribution in [3.8, 4) is 11.3 Å². The summed E-state index contributed by atoms with van der Waals surface area (Å²) in [5.41, 5.74) is 7.83. The Bertz CT molecular complexity index is 1350. The van der Waals surface area contributed by atoms with Gasteiger partial charge in [-0.05, 0) is 61.1 Å². The molecule has 0 aliphatic heterocycles. The summed E-state index contributed by atoms with van der Waals surface area (Å²) < 4.78 is 0. The molecule has 6 rings (SSSR count). The van der Waals surface area contributed by atoms with Gasteiger partial charge in [0.2, 0.25) is 0 Å². The lowest BCUT2D eigenvalue weighted by Crippen LogP contribution is -2.07. The molecule has 4 aromatic heterocycles. The van der Waals surface area contributed by atoms with E-state index in [1.807, 2.05) is 24.5 Å². The number of fused-ring (bicyclic) bond motifs is 6. The van der Waals surface area contributed by atoms with E-state index in [0.29, 0.717) is 5.15 Å². The van der Waals surface area contributed by atoms with Crippen LogP contribution in [0.25, 0.3) is 44.1 Å². The van der Waals surface area contributed by atoms with Crippen LogP contribution in [0.4, 0.5) is 0 Å². The molecule has 0 amide bonds. The van der Waals surface area contributed by atoms with Gasteiger partial charge in [0.05, 0.1) is 22.9 Å². The van der Waals surface area contributed by atoms with Gasteiger partial charge in [0.25, 0.3) is 0 Å². The average Bonchev–Trinajstić information content (AvgIpc) is 3.33. The molecular formula is C21H16ClN5. The van der Waals surface area contributed by atoms with Gasteiger partial charge in [-0.2, -0.15) is 5.10 Å². The molecule has 2 N–H and O–H groups in total. The Hall–Kier alpha value is -2.92. The lowest BCUT2D eigenvalue weighted by molar-refractivity contribution is 0.689. The van der Waals surface area contributed by atoms with Gasteiger partial charge in [0, 0.05) is 27.9 Å². The van der Waals surface area contributed by atoms with E-state index in [2.05, 4.69) is 32.3 Å². The molecule has 6 heteroatoms. The normalized spacial score (nSPS) is 14.3. The molecule has 0 saturated carbocycles. The number of H-pyrrole nitrogens is 2. The van der Waals surface area contributed by atoms with Crippen molar-refractivity contribution in [1.82, 2.24) is 25.1 Å². The first-order chi connectivity index (χ1) is 13.3. The smallest absolute Gasteiger partial charge is 0.139 e. The summed E-state index contributed by atoms with van der Waals surface area (Å²) in [6.45, 7) is 0. The number of hydrogen-bond acceptors (Lipinski definition) is 3. The number of rotatable bonds is 1. The van der Waals surface area contributed by atoms with Crippen LogP contribution >= 0.6 is 11.6 Å². The number of halogens is 1. The highest BCUT2D eigenvalue weighted by Gasteiger charge is 2.22. The molecule has 0 radical (unpaired) electrons. The molecule has 27 heavy (non-hydrogen) atoms. The van der Waals surface area contributed by atoms with E-state index < -0.39 is 0 Å². The van der Waals surface area contributed by atoms with Gasteiger partial charge in [-0.25, -0.2) is 9.97 Å². The minimum Gasteiger partial charge on any atom is -0.345 e. The van der Waals surface area contributed by atoms with Gasteiger partial charge < -0.3 is 4.98 Å². The molecule has 132 valence electrons. The third kappa shape index (κ3) is 2.15. The third-order valence-electron chi connectivity index (χ3n) is 5.65. The number of nitrogens with zero attached hydrogens (tertiary/aromatic N) is 3. The van der Waals surface area contributed by atoms with Gasteiger partial charge in [-0.1, -0.05) is 11.6 Å². The number of aryl methyl sites for hydroxylation is 1. The number of aromatic nitrogens is 5. The van der Waals surface area contributed by atoms with Gasteiger partial charge in [0.1, 0.15) is 10.8 Å². The van der Waals surface area contributed by atoms with E-state index in [0.717, 1.165) is 51.6 Å². The van der Waals surface area contributed by atoms with Crippen molar-refractivity contribution in [2.45, 2.75) is 25.7 Å². The molecule has 1 aromatic carbocycles. The summed E-state index contributed by atoms with van der Waals surface area (Å²) in [5, 5.41) is 11.3. The maximum atomic E-state index is 6.06. The maximum Gasteiger partial charge on any atom is 0.139 e. The lowest BCUT2D eigenvalue weighted by Gasteiger charge is -2.21. The Morgan fingerprint density at radius 3 is 2.74 bits per heavy atom. The number of nitrogens with one attached hydrogen (secondary N) is 2. The molecule has 1 aliphatic rings. The Morgan fingerprint density at radius 2 is 1.81 bits per heavy atom. The first-order valence-corrected chi connectivity index (χ1v) is 9.59. The third-order valence-corrected chi connectivity index (χ3v) is 5.86. The van der Waals surface area contributed by atoms with Crippen LogP contribution in [-0.2, 0) is 12.8 Å². The van der Waals surface area contributed by atoms with Crippen molar-refractivity contribution >= 4 is 44.4 Å². The van der Waals surface area contributed by atoms with Crippen LogP contribution in [0.2, 0.25) is 5.15 Å². The maximum absolute atomic E-state index is 6.06. The van der Waals surface area contributed by atoms with Gasteiger partial charge >= 0.3 is 0 Å². The fraction of sp³-hybridized carbons (Fsp3) is 0.190. The van der Waals surface area contributed by atoms with E-state index in [9.17, 15) is 0 Å². The summed E-state index contributed by atoms with van der Waals surface area (Å²) in [7, 11) is 0. The van der Waals surface area contributed by atoms with Crippen molar-refractivity contribution in [3.63, 3.8) is 0 Å². The highest BCUT2D eigenvalue weighted by Crippen LogP contribution is 2.39. The van der Waals surface area contributed by atoms with Gasteiger partial charge in [-0.15, -0.1) is 0 Å². The zero-order chi connectivity index (χ0) is 18.0. The van der Waals surface area contributed by atoms with Crippen molar-refractivity contribution in [2.75, 3.05) is 0 Å². The van der Waals surface area contributed by atoms with Gasteiger partial charge in [0.15, 0.2) is 0 Å². The van der Waals surface area contributed by atoms with Crippen LogP contribution in [0.15, 0.2) is 36.7 Å². The van der Waals surface area contributed by atoms with Crippen molar-refractivity contribution in [1.29, 1.82) is 0 Å². The minimum atomic E-state index is 0.492. The van der Waals surface area contributed by atoms with E-state index in [-0.39, 0.29) is 0 Å². The first-order valence-electron chi connectivity index (χ1n) is 9.21. The summed E-state index contributed by atoms with van der Waals surface area (Å²) in [5.74, 6) is 0. The number of benzene rings is 1. The Labute approximate surface area is 159 Å². The average molecular weight is 374 g/mol. The molecule has 5 nitrogen and oxygen atoms in total. The monoisotopic (exact) mass is 373 g/mol. The van der Waals surface area contributed by atoms with Crippen molar-refractivity contribution in [3.05, 3.63) is 52.9 Å². The Kier molecular flexibility index (Phi) is 3.11. The zero-order valence-corrected chi connectivity index (χ0v) is 15.3. The highest BCUT2D eigenvalue weighted by atomic mass is 35.5. The van der Waals surface area contributed by atoms with Crippen molar-refractivity contribution in [2.24, 2.45) is 0 Å². The van der Waals surface area contributed by atoms with Crippen LogP contribution in [0, 0.1) is 0 Å². The van der Waals surface area contributed by atoms with Gasteiger partial charge in [-0.3, -0.25) is 5.10 Å². The largest absolute Gasteiger partial charge is 0.345 e. The lowest BCUT2D eigenvalue weighted by atomic mass is 9.85. The molecular weight excluding hydrogens is 358 g/mol. The van der Waals surface area contributed by atoms with E-state index in [4.69, 9.17) is 16.6 Å². The van der Waals surface area contributed by atoms with Crippen LogP contribution in [0.1, 0.15) is 24.0 Å². The van der Waals surface area contributed by atoms with E-state index in [1.54, 1.807) is 0 Å². The Morgan fingerprint density at radius 1 is 0.926 bits per heavy atom. The van der Waals surface area contributed by atoms with E-state index in [1.165, 1.54) is 29.4 Å². The molecule has 4 heterocycles. The fourth-order valence-corrected chi connectivity index (χ4v) is 4.59. The van der Waals surface area contributed by atoms with Crippen molar-refractivity contribution < 1.29 is 0 Å². The number of pyridine rings is 2. The minimum absolute atomic E-state index is 0.492. The molecule has 5 aromatic rings. The zero-order valence-electron chi connectivity index (χ0n) is 14.5. The van der Waals surface area contributed by atoms with Crippen LogP contribution in [-0.4, -0.2) is 25.1 Å². The number of hydrogen-bond donors (Lipinski definition) is 2. The molecule has 1 aliphatic carbocycles. The number of aromatic amines is 2. The first kappa shape index (κ1) is 15.2. The summed E-state index contributed by atoms with van der Waals surface area (Å²) in [6.07, 6.45) is 8.47. The van der Waals surface area contributed by atoms with Crippen LogP contribution < -0.4 is 0 Å². The second-order valence-electron chi connectivity index (χ2n) is 7.15. The SMILES string of the molecule is Clc1ccc2c(-c3nc4ccc5[nH]ncc5c4c4c3CCCC4)c[nH]c2n1. The molecule has 0 unspecified atom stereocenters. The molecule has 0 spiro atoms. The highest BCUT2D eigenvalue weighted by molar-refractivity contribution is 6.29. The second-order valence-corrected chi connectivity index (χ2v) is 7.54. The molecule has 0 fully saturated rings. The molecule has 0 saturated heterocycles. The second kappa shape index (κ2) is 5.54.